The van der Waals surface area contributed by atoms with Crippen molar-refractivity contribution in [1.29, 1.82) is 0 Å². The molecule has 2 rings (SSSR count). The molecule has 1 aromatic rings. The van der Waals surface area contributed by atoms with Gasteiger partial charge in [-0.2, -0.15) is 0 Å². The topological polar surface area (TPSA) is 89.3 Å². The van der Waals surface area contributed by atoms with E-state index in [-0.39, 0.29) is 16.5 Å². The molecular weight excluding hydrogens is 295 g/mol. The van der Waals surface area contributed by atoms with E-state index in [4.69, 9.17) is 5.14 Å². The summed E-state index contributed by atoms with van der Waals surface area (Å²) in [7, 11) is -4.01. The molecule has 5 nitrogen and oxygen atoms in total. The number of anilines is 1. The molecule has 0 saturated heterocycles. The average Bonchev–Trinajstić information content (AvgIpc) is 2.87. The van der Waals surface area contributed by atoms with E-state index in [0.29, 0.717) is 6.42 Å². The number of amides is 1. The zero-order valence-corrected chi connectivity index (χ0v) is 12.7. The summed E-state index contributed by atoms with van der Waals surface area (Å²) in [4.78, 5) is 12.1. The van der Waals surface area contributed by atoms with Crippen LogP contribution in [0.15, 0.2) is 23.1 Å². The van der Waals surface area contributed by atoms with Crippen molar-refractivity contribution in [3.63, 3.8) is 0 Å². The summed E-state index contributed by atoms with van der Waals surface area (Å²) < 4.78 is 36.1. The van der Waals surface area contributed by atoms with E-state index in [1.807, 2.05) is 6.92 Å². The van der Waals surface area contributed by atoms with Crippen LogP contribution in [0.25, 0.3) is 0 Å². The Kier molecular flexibility index (Phi) is 4.34. The Labute approximate surface area is 123 Å². The molecule has 116 valence electrons. The molecule has 1 amide bonds. The van der Waals surface area contributed by atoms with Crippen LogP contribution < -0.4 is 10.5 Å². The van der Waals surface area contributed by atoms with E-state index in [1.165, 1.54) is 6.07 Å². The van der Waals surface area contributed by atoms with Gasteiger partial charge in [0.15, 0.2) is 0 Å². The predicted molar refractivity (Wildman–Crippen MR) is 77.6 cm³/mol. The first-order chi connectivity index (χ1) is 9.77. The third-order valence-electron chi connectivity index (χ3n) is 4.18. The van der Waals surface area contributed by atoms with Gasteiger partial charge in [0.1, 0.15) is 5.82 Å². The molecule has 1 aromatic carbocycles. The molecule has 0 aromatic heterocycles. The summed E-state index contributed by atoms with van der Waals surface area (Å²) in [6.45, 7) is 1.95. The lowest BCUT2D eigenvalue weighted by Gasteiger charge is -2.26. The molecule has 0 bridgehead atoms. The van der Waals surface area contributed by atoms with Crippen molar-refractivity contribution < 1.29 is 17.6 Å². The Morgan fingerprint density at radius 3 is 2.48 bits per heavy atom. The Balaban J connectivity index is 2.27. The lowest BCUT2D eigenvalue weighted by molar-refractivity contribution is -0.125. The van der Waals surface area contributed by atoms with Crippen LogP contribution in [0.3, 0.4) is 0 Å². The molecule has 0 spiro atoms. The Bertz CT molecular complexity index is 652. The number of benzene rings is 1. The minimum absolute atomic E-state index is 0.115. The molecule has 3 N–H and O–H groups in total. The number of nitrogens with two attached hydrogens (primary N) is 1. The zero-order valence-electron chi connectivity index (χ0n) is 11.9. The monoisotopic (exact) mass is 314 g/mol. The van der Waals surface area contributed by atoms with Crippen LogP contribution in [-0.2, 0) is 14.8 Å². The molecule has 1 fully saturated rings. The second kappa shape index (κ2) is 5.73. The van der Waals surface area contributed by atoms with Crippen LogP contribution in [0.1, 0.15) is 39.0 Å². The molecule has 0 heterocycles. The van der Waals surface area contributed by atoms with Gasteiger partial charge in [0, 0.05) is 11.1 Å². The molecule has 1 aliphatic carbocycles. The van der Waals surface area contributed by atoms with Gasteiger partial charge in [-0.25, -0.2) is 17.9 Å². The SMILES string of the molecule is CCC1(C(=O)Nc2cc(F)cc(S(N)(=O)=O)c2)CCCC1. The second-order valence-electron chi connectivity index (χ2n) is 5.52. The average molecular weight is 314 g/mol. The lowest BCUT2D eigenvalue weighted by atomic mass is 9.82. The Morgan fingerprint density at radius 2 is 1.95 bits per heavy atom. The van der Waals surface area contributed by atoms with Crippen LogP contribution in [0.4, 0.5) is 10.1 Å². The zero-order chi connectivity index (χ0) is 15.7. The highest BCUT2D eigenvalue weighted by Gasteiger charge is 2.39. The summed E-state index contributed by atoms with van der Waals surface area (Å²) in [5.41, 5.74) is -0.322. The van der Waals surface area contributed by atoms with Gasteiger partial charge in [-0.15, -0.1) is 0 Å². The van der Waals surface area contributed by atoms with Gasteiger partial charge in [0.25, 0.3) is 0 Å². The van der Waals surface area contributed by atoms with E-state index in [2.05, 4.69) is 5.32 Å². The van der Waals surface area contributed by atoms with Crippen LogP contribution in [0.5, 0.6) is 0 Å². The minimum atomic E-state index is -4.01. The molecule has 0 aliphatic heterocycles. The van der Waals surface area contributed by atoms with Crippen molar-refractivity contribution in [3.05, 3.63) is 24.0 Å². The Morgan fingerprint density at radius 1 is 1.33 bits per heavy atom. The molecule has 1 aliphatic rings. The van der Waals surface area contributed by atoms with Crippen molar-refractivity contribution in [2.45, 2.75) is 43.9 Å². The van der Waals surface area contributed by atoms with Gasteiger partial charge in [-0.3, -0.25) is 4.79 Å². The molecule has 7 heteroatoms. The van der Waals surface area contributed by atoms with Gasteiger partial charge in [0.05, 0.1) is 4.90 Å². The first-order valence-corrected chi connectivity index (χ1v) is 8.46. The maximum atomic E-state index is 13.5. The molecule has 0 unspecified atom stereocenters. The fourth-order valence-electron chi connectivity index (χ4n) is 2.86. The number of hydrogen-bond acceptors (Lipinski definition) is 3. The molecule has 0 radical (unpaired) electrons. The van der Waals surface area contributed by atoms with Crippen LogP contribution in [-0.4, -0.2) is 14.3 Å². The highest BCUT2D eigenvalue weighted by atomic mass is 32.2. The number of carbonyl (C=O) groups is 1. The number of hydrogen-bond donors (Lipinski definition) is 2. The normalized spacial score (nSPS) is 17.7. The smallest absolute Gasteiger partial charge is 0.238 e. The van der Waals surface area contributed by atoms with E-state index in [1.54, 1.807) is 0 Å². The van der Waals surface area contributed by atoms with Crippen molar-refractivity contribution >= 4 is 21.6 Å². The summed E-state index contributed by atoms with van der Waals surface area (Å²) in [6, 6.07) is 3.09. The van der Waals surface area contributed by atoms with Gasteiger partial charge in [-0.05, 0) is 37.5 Å². The van der Waals surface area contributed by atoms with Crippen molar-refractivity contribution in [1.82, 2.24) is 0 Å². The highest BCUT2D eigenvalue weighted by molar-refractivity contribution is 7.89. The standard InChI is InChI=1S/C14H19FN2O3S/c1-2-14(5-3-4-6-14)13(18)17-11-7-10(15)8-12(9-11)21(16,19)20/h7-9H,2-6H2,1H3,(H,17,18)(H2,16,19,20). The summed E-state index contributed by atoms with van der Waals surface area (Å²) in [5.74, 6) is -0.942. The van der Waals surface area contributed by atoms with Gasteiger partial charge < -0.3 is 5.32 Å². The quantitative estimate of drug-likeness (QED) is 0.894. The fourth-order valence-corrected chi connectivity index (χ4v) is 3.42. The lowest BCUT2D eigenvalue weighted by Crippen LogP contribution is -2.33. The third-order valence-corrected chi connectivity index (χ3v) is 5.07. The van der Waals surface area contributed by atoms with Crippen LogP contribution >= 0.6 is 0 Å². The van der Waals surface area contributed by atoms with E-state index >= 15 is 0 Å². The third kappa shape index (κ3) is 3.41. The summed E-state index contributed by atoms with van der Waals surface area (Å²) in [5, 5.41) is 7.62. The molecule has 1 saturated carbocycles. The van der Waals surface area contributed by atoms with Crippen molar-refractivity contribution in [3.8, 4) is 0 Å². The van der Waals surface area contributed by atoms with Gasteiger partial charge in [-0.1, -0.05) is 19.8 Å². The minimum Gasteiger partial charge on any atom is -0.325 e. The van der Waals surface area contributed by atoms with Crippen molar-refractivity contribution in [2.24, 2.45) is 10.6 Å². The summed E-state index contributed by atoms with van der Waals surface area (Å²) in [6.07, 6.45) is 4.29. The maximum Gasteiger partial charge on any atom is 0.238 e. The van der Waals surface area contributed by atoms with Crippen LogP contribution in [0.2, 0.25) is 0 Å². The van der Waals surface area contributed by atoms with E-state index < -0.39 is 21.3 Å². The first kappa shape index (κ1) is 15.9. The fraction of sp³-hybridized carbons (Fsp3) is 0.500. The number of halogens is 1. The first-order valence-electron chi connectivity index (χ1n) is 6.92. The van der Waals surface area contributed by atoms with Gasteiger partial charge >= 0.3 is 0 Å². The Hall–Kier alpha value is -1.47. The maximum absolute atomic E-state index is 13.5. The number of primary sulfonamides is 1. The molecule has 0 atom stereocenters. The number of sulfonamides is 1. The molecule has 21 heavy (non-hydrogen) atoms. The number of nitrogens with one attached hydrogen (secondary N) is 1. The largest absolute Gasteiger partial charge is 0.325 e. The predicted octanol–water partition coefficient (Wildman–Crippen LogP) is 2.38. The van der Waals surface area contributed by atoms with Crippen molar-refractivity contribution in [2.75, 3.05) is 5.32 Å². The summed E-state index contributed by atoms with van der Waals surface area (Å²) >= 11 is 0. The van der Waals surface area contributed by atoms with Crippen LogP contribution in [0, 0.1) is 11.2 Å². The number of rotatable bonds is 4. The second-order valence-corrected chi connectivity index (χ2v) is 7.08. The number of carbonyl (C=O) groups excluding carboxylic acids is 1. The van der Waals surface area contributed by atoms with E-state index in [9.17, 15) is 17.6 Å². The molecular formula is C14H19FN2O3S. The van der Waals surface area contributed by atoms with Gasteiger partial charge in [0.2, 0.25) is 15.9 Å². The van der Waals surface area contributed by atoms with E-state index in [0.717, 1.165) is 37.8 Å². The highest BCUT2D eigenvalue weighted by Crippen LogP contribution is 2.41.